The van der Waals surface area contributed by atoms with Crippen molar-refractivity contribution in [2.24, 2.45) is 5.73 Å². The number of nitrogens with two attached hydrogens (primary N) is 1. The van der Waals surface area contributed by atoms with Crippen molar-refractivity contribution in [3.8, 4) is 0 Å². The van der Waals surface area contributed by atoms with Gasteiger partial charge in [-0.2, -0.15) is 0 Å². The Bertz CT molecular complexity index is 402. The minimum atomic E-state index is -0.507. The quantitative estimate of drug-likeness (QED) is 0.874. The highest BCUT2D eigenvalue weighted by atomic mass is 35.5. The fourth-order valence-electron chi connectivity index (χ4n) is 1.21. The zero-order chi connectivity index (χ0) is 12.3. The first-order valence-electron chi connectivity index (χ1n) is 5.13. The van der Waals surface area contributed by atoms with Crippen LogP contribution in [0.1, 0.15) is 29.8 Å². The Morgan fingerprint density at radius 2 is 2.06 bits per heavy atom. The molecule has 17 heavy (non-hydrogen) atoms. The highest BCUT2D eigenvalue weighted by molar-refractivity contribution is 5.94. The molecule has 0 bridgehead atoms. The maximum Gasteiger partial charge on any atom is 0.254 e. The van der Waals surface area contributed by atoms with Crippen molar-refractivity contribution in [3.63, 3.8) is 0 Å². The molecule has 0 aliphatic carbocycles. The van der Waals surface area contributed by atoms with Crippen LogP contribution in [-0.2, 0) is 0 Å². The predicted molar refractivity (Wildman–Crippen MR) is 69.0 cm³/mol. The number of halogens is 2. The smallest absolute Gasteiger partial charge is 0.254 e. The van der Waals surface area contributed by atoms with Gasteiger partial charge in [0.15, 0.2) is 0 Å². The fourth-order valence-corrected chi connectivity index (χ4v) is 1.21. The molecule has 0 aromatic heterocycles. The summed E-state index contributed by atoms with van der Waals surface area (Å²) in [5, 5.41) is 2.60. The van der Waals surface area contributed by atoms with Gasteiger partial charge in [-0.25, -0.2) is 4.39 Å². The van der Waals surface area contributed by atoms with Crippen LogP contribution in [0.4, 0.5) is 4.39 Å². The standard InChI is InChI=1S/C12H17FN2O.ClH/c1-8-4-5-9(10(13)6-8)11(16)15-7-12(2,3)14;/h4-6H,7,14H2,1-3H3,(H,15,16);1H. The molecule has 0 atom stereocenters. The third-order valence-corrected chi connectivity index (χ3v) is 2.07. The van der Waals surface area contributed by atoms with Crippen LogP contribution in [0, 0.1) is 12.7 Å². The highest BCUT2D eigenvalue weighted by Crippen LogP contribution is 2.09. The molecule has 0 saturated heterocycles. The van der Waals surface area contributed by atoms with Crippen LogP contribution in [0.15, 0.2) is 18.2 Å². The van der Waals surface area contributed by atoms with Gasteiger partial charge in [-0.1, -0.05) is 6.07 Å². The Kier molecular flexibility index (Phi) is 5.58. The van der Waals surface area contributed by atoms with Crippen LogP contribution in [-0.4, -0.2) is 18.0 Å². The maximum absolute atomic E-state index is 13.4. The normalized spacial score (nSPS) is 10.6. The Morgan fingerprint density at radius 3 is 2.53 bits per heavy atom. The van der Waals surface area contributed by atoms with Crippen LogP contribution in [0.25, 0.3) is 0 Å². The van der Waals surface area contributed by atoms with Crippen molar-refractivity contribution in [1.29, 1.82) is 0 Å². The van der Waals surface area contributed by atoms with E-state index < -0.39 is 17.3 Å². The van der Waals surface area contributed by atoms with Gasteiger partial charge in [0.05, 0.1) is 5.56 Å². The Morgan fingerprint density at radius 1 is 1.47 bits per heavy atom. The molecule has 0 unspecified atom stereocenters. The Balaban J connectivity index is 0.00000256. The number of hydrogen-bond donors (Lipinski definition) is 2. The minimum Gasteiger partial charge on any atom is -0.350 e. The zero-order valence-electron chi connectivity index (χ0n) is 10.2. The van der Waals surface area contributed by atoms with E-state index in [1.165, 1.54) is 12.1 Å². The number of hydrogen-bond acceptors (Lipinski definition) is 2. The molecule has 1 aromatic carbocycles. The summed E-state index contributed by atoms with van der Waals surface area (Å²) in [6.45, 7) is 5.66. The molecular formula is C12H18ClFN2O. The first kappa shape index (κ1) is 15.9. The molecule has 0 fully saturated rings. The number of benzene rings is 1. The molecule has 0 aliphatic heterocycles. The van der Waals surface area contributed by atoms with Gasteiger partial charge in [-0.3, -0.25) is 4.79 Å². The first-order valence-corrected chi connectivity index (χ1v) is 5.13. The van der Waals surface area contributed by atoms with Crippen LogP contribution < -0.4 is 11.1 Å². The van der Waals surface area contributed by atoms with Crippen molar-refractivity contribution in [2.75, 3.05) is 6.54 Å². The minimum absolute atomic E-state index is 0. The van der Waals surface area contributed by atoms with Crippen molar-refractivity contribution in [1.82, 2.24) is 5.32 Å². The molecule has 3 N–H and O–H groups in total. The van der Waals surface area contributed by atoms with E-state index in [2.05, 4.69) is 5.32 Å². The summed E-state index contributed by atoms with van der Waals surface area (Å²) in [5.41, 5.74) is 6.05. The maximum atomic E-state index is 13.4. The monoisotopic (exact) mass is 260 g/mol. The number of aryl methyl sites for hydroxylation is 1. The summed E-state index contributed by atoms with van der Waals surface area (Å²) in [6.07, 6.45) is 0. The van der Waals surface area contributed by atoms with E-state index in [0.29, 0.717) is 6.54 Å². The van der Waals surface area contributed by atoms with E-state index in [1.807, 2.05) is 0 Å². The van der Waals surface area contributed by atoms with Gasteiger partial charge in [-0.05, 0) is 38.5 Å². The Hall–Kier alpha value is -1.13. The van der Waals surface area contributed by atoms with Crippen LogP contribution >= 0.6 is 12.4 Å². The fraction of sp³-hybridized carbons (Fsp3) is 0.417. The molecule has 1 rings (SSSR count). The predicted octanol–water partition coefficient (Wildman–Crippen LogP) is 2.02. The number of amides is 1. The Labute approximate surface area is 107 Å². The molecule has 1 amide bonds. The lowest BCUT2D eigenvalue weighted by molar-refractivity contribution is 0.0942. The van der Waals surface area contributed by atoms with Gasteiger partial charge >= 0.3 is 0 Å². The molecule has 5 heteroatoms. The van der Waals surface area contributed by atoms with Crippen molar-refractivity contribution in [2.45, 2.75) is 26.3 Å². The second-order valence-electron chi connectivity index (χ2n) is 4.65. The molecule has 0 spiro atoms. The van der Waals surface area contributed by atoms with Gasteiger partial charge in [0, 0.05) is 12.1 Å². The SMILES string of the molecule is Cc1ccc(C(=O)NCC(C)(C)N)c(F)c1.Cl. The average molecular weight is 261 g/mol. The molecule has 0 heterocycles. The molecule has 0 saturated carbocycles. The van der Waals surface area contributed by atoms with E-state index in [0.717, 1.165) is 5.56 Å². The van der Waals surface area contributed by atoms with Gasteiger partial charge in [0.1, 0.15) is 5.82 Å². The van der Waals surface area contributed by atoms with Crippen molar-refractivity contribution in [3.05, 3.63) is 35.1 Å². The highest BCUT2D eigenvalue weighted by Gasteiger charge is 2.15. The summed E-state index contributed by atoms with van der Waals surface area (Å²) >= 11 is 0. The lowest BCUT2D eigenvalue weighted by Crippen LogP contribution is -2.45. The van der Waals surface area contributed by atoms with Gasteiger partial charge in [-0.15, -0.1) is 12.4 Å². The van der Waals surface area contributed by atoms with E-state index in [9.17, 15) is 9.18 Å². The lowest BCUT2D eigenvalue weighted by atomic mass is 10.1. The van der Waals surface area contributed by atoms with E-state index in [4.69, 9.17) is 5.73 Å². The number of rotatable bonds is 3. The van der Waals surface area contributed by atoms with Gasteiger partial charge < -0.3 is 11.1 Å². The van der Waals surface area contributed by atoms with Crippen LogP contribution in [0.5, 0.6) is 0 Å². The molecule has 0 radical (unpaired) electrons. The molecule has 96 valence electrons. The van der Waals surface area contributed by atoms with E-state index in [-0.39, 0.29) is 18.0 Å². The summed E-state index contributed by atoms with van der Waals surface area (Å²) in [4.78, 5) is 11.6. The molecular weight excluding hydrogens is 243 g/mol. The molecule has 3 nitrogen and oxygen atoms in total. The van der Waals surface area contributed by atoms with Crippen molar-refractivity contribution >= 4 is 18.3 Å². The van der Waals surface area contributed by atoms with Crippen LogP contribution in [0.3, 0.4) is 0 Å². The van der Waals surface area contributed by atoms with E-state index in [1.54, 1.807) is 26.8 Å². The number of nitrogens with one attached hydrogen (secondary N) is 1. The molecule has 0 aliphatic rings. The summed E-state index contributed by atoms with van der Waals surface area (Å²) in [7, 11) is 0. The van der Waals surface area contributed by atoms with Crippen molar-refractivity contribution < 1.29 is 9.18 Å². The largest absolute Gasteiger partial charge is 0.350 e. The summed E-state index contributed by atoms with van der Waals surface area (Å²) in [5.74, 6) is -0.941. The zero-order valence-corrected chi connectivity index (χ0v) is 11.0. The lowest BCUT2D eigenvalue weighted by Gasteiger charge is -2.19. The number of carbonyl (C=O) groups is 1. The first-order chi connectivity index (χ1) is 7.29. The molecule has 1 aromatic rings. The van der Waals surface area contributed by atoms with Gasteiger partial charge in [0.25, 0.3) is 5.91 Å². The summed E-state index contributed by atoms with van der Waals surface area (Å²) < 4.78 is 13.4. The topological polar surface area (TPSA) is 55.1 Å². The third-order valence-electron chi connectivity index (χ3n) is 2.07. The van der Waals surface area contributed by atoms with Crippen LogP contribution in [0.2, 0.25) is 0 Å². The summed E-state index contributed by atoms with van der Waals surface area (Å²) in [6, 6.07) is 4.51. The average Bonchev–Trinajstić information content (AvgIpc) is 2.13. The number of carbonyl (C=O) groups excluding carboxylic acids is 1. The second-order valence-corrected chi connectivity index (χ2v) is 4.65. The van der Waals surface area contributed by atoms with Gasteiger partial charge in [0.2, 0.25) is 0 Å². The van der Waals surface area contributed by atoms with E-state index >= 15 is 0 Å². The second kappa shape index (κ2) is 5.98. The third kappa shape index (κ3) is 5.15.